The van der Waals surface area contributed by atoms with Gasteiger partial charge in [-0.25, -0.2) is 9.97 Å². The van der Waals surface area contributed by atoms with Crippen molar-refractivity contribution in [1.29, 1.82) is 0 Å². The highest BCUT2D eigenvalue weighted by molar-refractivity contribution is 5.83. The number of para-hydroxylation sites is 1. The second-order valence-electron chi connectivity index (χ2n) is 7.88. The first-order valence-corrected chi connectivity index (χ1v) is 11.1. The second kappa shape index (κ2) is 10.1. The molecule has 0 bridgehead atoms. The molecule has 5 rings (SSSR count). The molecule has 0 aliphatic carbocycles. The van der Waals surface area contributed by atoms with Crippen molar-refractivity contribution in [1.82, 2.24) is 14.6 Å². The largest absolute Gasteiger partial charge is 0.432 e. The summed E-state index contributed by atoms with van der Waals surface area (Å²) in [6, 6.07) is 22.5. The molecule has 0 saturated heterocycles. The molecule has 0 fully saturated rings. The number of nitro benzene ring substituents is 1. The number of ether oxygens (including phenoxy) is 1. The molecule has 12 heteroatoms. The van der Waals surface area contributed by atoms with Crippen LogP contribution in [0.15, 0.2) is 101 Å². The van der Waals surface area contributed by atoms with Crippen molar-refractivity contribution in [2.75, 3.05) is 0 Å². The summed E-state index contributed by atoms with van der Waals surface area (Å²) in [5.74, 6) is 0.133. The monoisotopic (exact) mass is 508 g/mol. The third-order valence-corrected chi connectivity index (χ3v) is 5.43. The van der Waals surface area contributed by atoms with Crippen LogP contribution in [0.2, 0.25) is 0 Å². The highest BCUT2D eigenvalue weighted by Crippen LogP contribution is 2.31. The van der Waals surface area contributed by atoms with Crippen molar-refractivity contribution in [2.24, 2.45) is 5.10 Å². The molecule has 38 heavy (non-hydrogen) atoms. The van der Waals surface area contributed by atoms with E-state index in [0.717, 1.165) is 10.9 Å². The predicted octanol–water partition coefficient (Wildman–Crippen LogP) is 4.95. The average Bonchev–Trinajstić information content (AvgIpc) is 2.93. The lowest BCUT2D eigenvalue weighted by molar-refractivity contribution is -0.385. The minimum absolute atomic E-state index is 0.0542. The second-order valence-corrected chi connectivity index (χ2v) is 7.88. The summed E-state index contributed by atoms with van der Waals surface area (Å²) >= 11 is 0. The van der Waals surface area contributed by atoms with E-state index in [2.05, 4.69) is 15.1 Å². The summed E-state index contributed by atoms with van der Waals surface area (Å²) in [6.45, 7) is 0. The van der Waals surface area contributed by atoms with E-state index in [1.807, 2.05) is 18.2 Å². The van der Waals surface area contributed by atoms with E-state index in [9.17, 15) is 25.0 Å². The van der Waals surface area contributed by atoms with Gasteiger partial charge in [0.15, 0.2) is 5.82 Å². The fraction of sp³-hybridized carbons (Fsp3) is 0. The van der Waals surface area contributed by atoms with Gasteiger partial charge in [-0.1, -0.05) is 42.5 Å². The Morgan fingerprint density at radius 3 is 2.37 bits per heavy atom. The number of nitrogens with zero attached hydrogens (tertiary/aromatic N) is 6. The molecule has 3 aromatic carbocycles. The van der Waals surface area contributed by atoms with E-state index in [1.54, 1.807) is 36.4 Å². The quantitative estimate of drug-likeness (QED) is 0.170. The summed E-state index contributed by atoms with van der Waals surface area (Å²) in [6.07, 6.45) is 2.30. The van der Waals surface area contributed by atoms with Gasteiger partial charge in [-0.3, -0.25) is 25.0 Å². The van der Waals surface area contributed by atoms with Crippen LogP contribution in [0.1, 0.15) is 5.56 Å². The average molecular weight is 508 g/mol. The third kappa shape index (κ3) is 4.81. The van der Waals surface area contributed by atoms with Crippen molar-refractivity contribution in [3.05, 3.63) is 127 Å². The lowest BCUT2D eigenvalue weighted by atomic mass is 10.2. The van der Waals surface area contributed by atoms with Gasteiger partial charge in [0.2, 0.25) is 11.6 Å². The fourth-order valence-corrected chi connectivity index (χ4v) is 3.63. The van der Waals surface area contributed by atoms with Crippen LogP contribution >= 0.6 is 0 Å². The van der Waals surface area contributed by atoms with E-state index in [-0.39, 0.29) is 23.0 Å². The topological polar surface area (TPSA) is 156 Å². The summed E-state index contributed by atoms with van der Waals surface area (Å²) in [5, 5.41) is 27.2. The summed E-state index contributed by atoms with van der Waals surface area (Å²) in [7, 11) is 0. The van der Waals surface area contributed by atoms with Crippen LogP contribution in [0, 0.1) is 20.2 Å². The zero-order valence-corrected chi connectivity index (χ0v) is 19.4. The SMILES string of the molecule is O=c1c2ccccc2nc(-c2ccccc2)n1N=Cc1ccc(Oc2ccc([N+](=O)[O-])cn2)c([N+](=O)[O-])c1. The molecule has 2 heterocycles. The van der Waals surface area contributed by atoms with Gasteiger partial charge >= 0.3 is 5.69 Å². The summed E-state index contributed by atoms with van der Waals surface area (Å²) < 4.78 is 6.63. The van der Waals surface area contributed by atoms with Crippen LogP contribution in [-0.4, -0.2) is 30.7 Å². The number of hydrogen-bond acceptors (Lipinski definition) is 9. The summed E-state index contributed by atoms with van der Waals surface area (Å²) in [5.41, 5.74) is 0.467. The lowest BCUT2D eigenvalue weighted by Gasteiger charge is -2.09. The van der Waals surface area contributed by atoms with Crippen LogP contribution < -0.4 is 10.3 Å². The van der Waals surface area contributed by atoms with Crippen molar-refractivity contribution in [2.45, 2.75) is 0 Å². The first-order chi connectivity index (χ1) is 18.4. The number of hydrogen-bond donors (Lipinski definition) is 0. The fourth-order valence-electron chi connectivity index (χ4n) is 3.63. The van der Waals surface area contributed by atoms with Gasteiger partial charge in [0.1, 0.15) is 6.20 Å². The first kappa shape index (κ1) is 23.9. The molecule has 0 aliphatic heterocycles. The Balaban J connectivity index is 1.53. The highest BCUT2D eigenvalue weighted by Gasteiger charge is 2.18. The summed E-state index contributed by atoms with van der Waals surface area (Å²) in [4.78, 5) is 43.0. The molecule has 0 aliphatic rings. The Labute approximate surface area is 213 Å². The molecule has 0 unspecified atom stereocenters. The number of aromatic nitrogens is 3. The van der Waals surface area contributed by atoms with Gasteiger partial charge in [-0.2, -0.15) is 9.78 Å². The van der Waals surface area contributed by atoms with Gasteiger partial charge in [-0.05, 0) is 24.3 Å². The molecular formula is C26H16N6O6. The molecule has 186 valence electrons. The molecule has 5 aromatic rings. The minimum atomic E-state index is -0.642. The van der Waals surface area contributed by atoms with E-state index < -0.39 is 15.4 Å². The number of pyridine rings is 1. The molecule has 0 amide bonds. The third-order valence-electron chi connectivity index (χ3n) is 5.43. The van der Waals surface area contributed by atoms with E-state index in [1.165, 1.54) is 36.5 Å². The van der Waals surface area contributed by atoms with Gasteiger partial charge < -0.3 is 4.74 Å². The van der Waals surface area contributed by atoms with Crippen LogP contribution in [0.3, 0.4) is 0 Å². The highest BCUT2D eigenvalue weighted by atomic mass is 16.6. The molecule has 2 aromatic heterocycles. The number of benzene rings is 3. The van der Waals surface area contributed by atoms with Gasteiger partial charge in [0.25, 0.3) is 11.2 Å². The Bertz CT molecular complexity index is 1770. The van der Waals surface area contributed by atoms with Crippen molar-refractivity contribution < 1.29 is 14.6 Å². The maximum Gasteiger partial charge on any atom is 0.312 e. The number of nitro groups is 2. The minimum Gasteiger partial charge on any atom is -0.432 e. The van der Waals surface area contributed by atoms with Gasteiger partial charge in [0, 0.05) is 29.3 Å². The van der Waals surface area contributed by atoms with Crippen LogP contribution in [0.4, 0.5) is 11.4 Å². The van der Waals surface area contributed by atoms with Crippen molar-refractivity contribution in [3.63, 3.8) is 0 Å². The van der Waals surface area contributed by atoms with Crippen LogP contribution in [0.25, 0.3) is 22.3 Å². The Morgan fingerprint density at radius 2 is 1.66 bits per heavy atom. The normalized spacial score (nSPS) is 11.1. The number of fused-ring (bicyclic) bond motifs is 1. The molecule has 0 saturated carbocycles. The maximum atomic E-state index is 13.3. The van der Waals surface area contributed by atoms with E-state index >= 15 is 0 Å². The Kier molecular flexibility index (Phi) is 6.34. The standard InChI is InChI=1S/C26H16N6O6/c33-26-20-8-4-5-9-21(20)29-25(18-6-2-1-3-7-18)30(26)28-15-17-10-12-23(22(14-17)32(36)37)38-24-13-11-19(16-27-24)31(34)35/h1-16H. The van der Waals surface area contributed by atoms with E-state index in [4.69, 9.17) is 4.74 Å². The van der Waals surface area contributed by atoms with Crippen molar-refractivity contribution in [3.8, 4) is 23.0 Å². The molecular weight excluding hydrogens is 492 g/mol. The number of rotatable bonds is 7. The smallest absolute Gasteiger partial charge is 0.312 e. The zero-order valence-electron chi connectivity index (χ0n) is 19.4. The lowest BCUT2D eigenvalue weighted by Crippen LogP contribution is -2.20. The molecule has 0 spiro atoms. The predicted molar refractivity (Wildman–Crippen MR) is 138 cm³/mol. The van der Waals surface area contributed by atoms with Crippen LogP contribution in [0.5, 0.6) is 11.6 Å². The van der Waals surface area contributed by atoms with E-state index in [0.29, 0.717) is 27.9 Å². The van der Waals surface area contributed by atoms with Crippen molar-refractivity contribution >= 4 is 28.5 Å². The van der Waals surface area contributed by atoms with Gasteiger partial charge in [-0.15, -0.1) is 0 Å². The molecule has 0 N–H and O–H groups in total. The molecule has 0 radical (unpaired) electrons. The Hall–Kier alpha value is -5.78. The Morgan fingerprint density at radius 1 is 0.895 bits per heavy atom. The molecule has 12 nitrogen and oxygen atoms in total. The zero-order chi connectivity index (χ0) is 26.6. The molecule has 0 atom stereocenters. The van der Waals surface area contributed by atoms with Gasteiger partial charge in [0.05, 0.1) is 27.0 Å². The first-order valence-electron chi connectivity index (χ1n) is 11.1. The van der Waals surface area contributed by atoms with Crippen LogP contribution in [-0.2, 0) is 0 Å². The maximum absolute atomic E-state index is 13.3.